The van der Waals surface area contributed by atoms with E-state index in [2.05, 4.69) is 31.0 Å². The lowest BCUT2D eigenvalue weighted by Crippen LogP contribution is -2.40. The summed E-state index contributed by atoms with van der Waals surface area (Å²) in [5.41, 5.74) is 0.417. The van der Waals surface area contributed by atoms with Gasteiger partial charge in [0.15, 0.2) is 0 Å². The predicted octanol–water partition coefficient (Wildman–Crippen LogP) is 2.50. The number of nitrogens with zero attached hydrogens (tertiary/aromatic N) is 1. The summed E-state index contributed by atoms with van der Waals surface area (Å²) in [6.45, 7) is 13.0. The highest BCUT2D eigenvalue weighted by atomic mass is 15.1. The first kappa shape index (κ1) is 13.0. The number of nitrogens with one attached hydrogen (secondary N) is 1. The molecule has 90 valence electrons. The van der Waals surface area contributed by atoms with Gasteiger partial charge in [-0.1, -0.05) is 33.6 Å². The largest absolute Gasteiger partial charge is 0.316 e. The zero-order chi connectivity index (χ0) is 11.1. The Bertz CT molecular complexity index is 158. The van der Waals surface area contributed by atoms with Crippen LogP contribution in [0.15, 0.2) is 0 Å². The molecule has 15 heavy (non-hydrogen) atoms. The van der Waals surface area contributed by atoms with Crippen molar-refractivity contribution < 1.29 is 0 Å². The summed E-state index contributed by atoms with van der Waals surface area (Å²) in [7, 11) is 0. The van der Waals surface area contributed by atoms with Crippen molar-refractivity contribution in [3.63, 3.8) is 0 Å². The van der Waals surface area contributed by atoms with Gasteiger partial charge in [-0.05, 0) is 37.9 Å². The third kappa shape index (κ3) is 5.53. The second-order valence-electron chi connectivity index (χ2n) is 5.63. The Kier molecular flexibility index (Phi) is 5.62. The lowest BCUT2D eigenvalue weighted by Gasteiger charge is -2.32. The quantitative estimate of drug-likeness (QED) is 0.753. The topological polar surface area (TPSA) is 15.3 Å². The van der Waals surface area contributed by atoms with Crippen molar-refractivity contribution in [3.8, 4) is 0 Å². The summed E-state index contributed by atoms with van der Waals surface area (Å²) in [4.78, 5) is 2.66. The van der Waals surface area contributed by atoms with Crippen molar-refractivity contribution in [2.75, 3.05) is 32.7 Å². The molecule has 0 spiro atoms. The molecular weight excluding hydrogens is 184 g/mol. The Labute approximate surface area is 95.4 Å². The summed E-state index contributed by atoms with van der Waals surface area (Å²) in [6.07, 6.45) is 5.67. The van der Waals surface area contributed by atoms with Gasteiger partial charge in [-0.25, -0.2) is 0 Å². The fourth-order valence-corrected chi connectivity index (χ4v) is 2.42. The zero-order valence-electron chi connectivity index (χ0n) is 10.8. The maximum Gasteiger partial charge on any atom is 0.00448 e. The molecule has 0 saturated carbocycles. The molecule has 0 aromatic carbocycles. The van der Waals surface area contributed by atoms with Crippen LogP contribution in [0.2, 0.25) is 0 Å². The van der Waals surface area contributed by atoms with Gasteiger partial charge in [0.1, 0.15) is 0 Å². The van der Waals surface area contributed by atoms with Crippen molar-refractivity contribution >= 4 is 0 Å². The van der Waals surface area contributed by atoms with E-state index in [1.807, 2.05) is 0 Å². The van der Waals surface area contributed by atoms with Crippen LogP contribution in [-0.2, 0) is 0 Å². The average Bonchev–Trinajstić information content (AvgIpc) is 2.43. The van der Waals surface area contributed by atoms with Crippen molar-refractivity contribution in [3.05, 3.63) is 0 Å². The number of hydrogen-bond donors (Lipinski definition) is 1. The van der Waals surface area contributed by atoms with Crippen LogP contribution in [0.1, 0.15) is 46.5 Å². The lowest BCUT2D eigenvalue weighted by molar-refractivity contribution is 0.180. The Morgan fingerprint density at radius 3 is 2.20 bits per heavy atom. The van der Waals surface area contributed by atoms with E-state index >= 15 is 0 Å². The van der Waals surface area contributed by atoms with Gasteiger partial charge in [-0.3, -0.25) is 0 Å². The first-order valence-corrected chi connectivity index (χ1v) is 6.57. The van der Waals surface area contributed by atoms with Gasteiger partial charge in [0.05, 0.1) is 0 Å². The molecule has 0 aliphatic carbocycles. The molecule has 0 aromatic heterocycles. The Balaban J connectivity index is 2.30. The second-order valence-corrected chi connectivity index (χ2v) is 5.63. The van der Waals surface area contributed by atoms with E-state index in [-0.39, 0.29) is 0 Å². The number of rotatable bonds is 5. The molecular formula is C13H28N2. The fourth-order valence-electron chi connectivity index (χ4n) is 2.42. The minimum absolute atomic E-state index is 0.417. The molecule has 1 aliphatic heterocycles. The molecule has 0 atom stereocenters. The molecule has 0 bridgehead atoms. The standard InChI is InChI=1S/C13H28N2/c1-4-14-11-13(2,3)12-15-9-7-5-6-8-10-15/h14H,4-12H2,1-3H3. The van der Waals surface area contributed by atoms with Crippen LogP contribution >= 0.6 is 0 Å². The third-order valence-corrected chi connectivity index (χ3v) is 3.20. The molecule has 2 heteroatoms. The van der Waals surface area contributed by atoms with Crippen LogP contribution < -0.4 is 5.32 Å². The minimum atomic E-state index is 0.417. The van der Waals surface area contributed by atoms with E-state index < -0.39 is 0 Å². The van der Waals surface area contributed by atoms with Gasteiger partial charge >= 0.3 is 0 Å². The summed E-state index contributed by atoms with van der Waals surface area (Å²) in [5.74, 6) is 0. The molecule has 1 rings (SSSR count). The highest BCUT2D eigenvalue weighted by molar-refractivity contribution is 4.77. The Hall–Kier alpha value is -0.0800. The van der Waals surface area contributed by atoms with Crippen LogP contribution in [0.5, 0.6) is 0 Å². The van der Waals surface area contributed by atoms with E-state index in [0.717, 1.165) is 13.1 Å². The SMILES string of the molecule is CCNCC(C)(C)CN1CCCCCC1. The summed E-state index contributed by atoms with van der Waals surface area (Å²) in [5, 5.41) is 3.47. The maximum atomic E-state index is 3.47. The normalized spacial score (nSPS) is 20.2. The first-order valence-electron chi connectivity index (χ1n) is 6.57. The summed E-state index contributed by atoms with van der Waals surface area (Å²) >= 11 is 0. The molecule has 1 aliphatic rings. The third-order valence-electron chi connectivity index (χ3n) is 3.20. The molecule has 0 radical (unpaired) electrons. The second kappa shape index (κ2) is 6.49. The van der Waals surface area contributed by atoms with Gasteiger partial charge in [-0.2, -0.15) is 0 Å². The molecule has 1 N–H and O–H groups in total. The van der Waals surface area contributed by atoms with Crippen LogP contribution in [0.4, 0.5) is 0 Å². The fraction of sp³-hybridized carbons (Fsp3) is 1.00. The molecule has 1 heterocycles. The Morgan fingerprint density at radius 1 is 1.07 bits per heavy atom. The van der Waals surface area contributed by atoms with E-state index in [0.29, 0.717) is 5.41 Å². The highest BCUT2D eigenvalue weighted by Gasteiger charge is 2.21. The van der Waals surface area contributed by atoms with E-state index in [1.165, 1.54) is 45.3 Å². The van der Waals surface area contributed by atoms with Gasteiger partial charge in [0, 0.05) is 13.1 Å². The lowest BCUT2D eigenvalue weighted by atomic mass is 9.92. The maximum absolute atomic E-state index is 3.47. The molecule has 0 aromatic rings. The van der Waals surface area contributed by atoms with Crippen molar-refractivity contribution in [1.82, 2.24) is 10.2 Å². The van der Waals surface area contributed by atoms with Gasteiger partial charge in [-0.15, -0.1) is 0 Å². The summed E-state index contributed by atoms with van der Waals surface area (Å²) < 4.78 is 0. The van der Waals surface area contributed by atoms with Gasteiger partial charge in [0.25, 0.3) is 0 Å². The average molecular weight is 212 g/mol. The van der Waals surface area contributed by atoms with Gasteiger partial charge in [0.2, 0.25) is 0 Å². The first-order chi connectivity index (χ1) is 7.14. The minimum Gasteiger partial charge on any atom is -0.316 e. The summed E-state index contributed by atoms with van der Waals surface area (Å²) in [6, 6.07) is 0. The smallest absolute Gasteiger partial charge is 0.00448 e. The highest BCUT2D eigenvalue weighted by Crippen LogP contribution is 2.18. The molecule has 0 unspecified atom stereocenters. The van der Waals surface area contributed by atoms with Crippen LogP contribution in [0.25, 0.3) is 0 Å². The molecule has 0 amide bonds. The molecule has 1 saturated heterocycles. The molecule has 1 fully saturated rings. The number of hydrogen-bond acceptors (Lipinski definition) is 2. The van der Waals surface area contributed by atoms with Crippen molar-refractivity contribution in [2.45, 2.75) is 46.5 Å². The molecule has 2 nitrogen and oxygen atoms in total. The van der Waals surface area contributed by atoms with Crippen molar-refractivity contribution in [1.29, 1.82) is 0 Å². The monoisotopic (exact) mass is 212 g/mol. The Morgan fingerprint density at radius 2 is 1.67 bits per heavy atom. The zero-order valence-corrected chi connectivity index (χ0v) is 10.8. The number of likely N-dealkylation sites (tertiary alicyclic amines) is 1. The van der Waals surface area contributed by atoms with E-state index in [1.54, 1.807) is 0 Å². The van der Waals surface area contributed by atoms with Crippen molar-refractivity contribution in [2.24, 2.45) is 5.41 Å². The van der Waals surface area contributed by atoms with Gasteiger partial charge < -0.3 is 10.2 Å². The van der Waals surface area contributed by atoms with E-state index in [4.69, 9.17) is 0 Å². The van der Waals surface area contributed by atoms with Crippen LogP contribution in [0.3, 0.4) is 0 Å². The van der Waals surface area contributed by atoms with Crippen LogP contribution in [0, 0.1) is 5.41 Å². The van der Waals surface area contributed by atoms with E-state index in [9.17, 15) is 0 Å². The van der Waals surface area contributed by atoms with Crippen LogP contribution in [-0.4, -0.2) is 37.6 Å². The predicted molar refractivity (Wildman–Crippen MR) is 67.2 cm³/mol.